The second-order valence-electron chi connectivity index (χ2n) is 4.19. The molecule has 1 heterocycles. The van der Waals surface area contributed by atoms with Crippen LogP contribution in [0.2, 0.25) is 5.02 Å². The van der Waals surface area contributed by atoms with Crippen molar-refractivity contribution >= 4 is 39.9 Å². The first kappa shape index (κ1) is 16.2. The summed E-state index contributed by atoms with van der Waals surface area (Å²) >= 11 is 6.88. The van der Waals surface area contributed by atoms with Crippen molar-refractivity contribution in [3.63, 3.8) is 0 Å². The van der Waals surface area contributed by atoms with Gasteiger partial charge in [-0.2, -0.15) is 0 Å². The number of halogens is 1. The maximum atomic E-state index is 11.7. The summed E-state index contributed by atoms with van der Waals surface area (Å²) in [6.07, 6.45) is 0.256. The molecule has 2 N–H and O–H groups in total. The molecule has 1 amide bonds. The van der Waals surface area contributed by atoms with E-state index in [9.17, 15) is 9.59 Å². The lowest BCUT2D eigenvalue weighted by Crippen LogP contribution is -2.20. The number of aliphatic carboxylic acids is 1. The third-order valence-corrected chi connectivity index (χ3v) is 3.60. The van der Waals surface area contributed by atoms with Crippen molar-refractivity contribution in [3.8, 4) is 5.75 Å². The number of carboxylic acids is 1. The molecule has 1 aromatic heterocycles. The van der Waals surface area contributed by atoms with Crippen LogP contribution in [0.1, 0.15) is 11.4 Å². The average Bonchev–Trinajstić information content (AvgIpc) is 2.92. The molecule has 0 atom stereocenters. The highest BCUT2D eigenvalue weighted by atomic mass is 35.5. The molecule has 2 aromatic rings. The first-order valence-electron chi connectivity index (χ1n) is 6.25. The Kier molecular flexibility index (Phi) is 5.68. The number of nitrogens with zero attached hydrogens (tertiary/aromatic N) is 2. The number of carboxylic acid groups (broad SMARTS) is 1. The number of anilines is 1. The minimum Gasteiger partial charge on any atom is -0.484 e. The van der Waals surface area contributed by atoms with Crippen molar-refractivity contribution in [3.05, 3.63) is 34.3 Å². The van der Waals surface area contributed by atoms with Crippen molar-refractivity contribution in [2.75, 3.05) is 11.9 Å². The van der Waals surface area contributed by atoms with Crippen molar-refractivity contribution in [1.29, 1.82) is 0 Å². The number of carbonyl (C=O) groups is 2. The molecule has 0 radical (unpaired) electrons. The molecule has 2 rings (SSSR count). The van der Waals surface area contributed by atoms with E-state index < -0.39 is 5.97 Å². The quantitative estimate of drug-likeness (QED) is 0.800. The van der Waals surface area contributed by atoms with Crippen LogP contribution in [0, 0.1) is 0 Å². The van der Waals surface area contributed by atoms with E-state index in [0.29, 0.717) is 20.9 Å². The molecular weight excluding hydrogens is 330 g/mol. The van der Waals surface area contributed by atoms with E-state index in [0.717, 1.165) is 11.3 Å². The maximum Gasteiger partial charge on any atom is 0.303 e. The number of ether oxygens (including phenoxy) is 1. The fraction of sp³-hybridized carbons (Fsp3) is 0.231. The van der Waals surface area contributed by atoms with E-state index >= 15 is 0 Å². The zero-order chi connectivity index (χ0) is 15.9. The number of benzene rings is 1. The van der Waals surface area contributed by atoms with Gasteiger partial charge in [0.15, 0.2) is 6.61 Å². The Balaban J connectivity index is 1.79. The first-order valence-corrected chi connectivity index (χ1v) is 7.45. The summed E-state index contributed by atoms with van der Waals surface area (Å²) in [7, 11) is 0. The van der Waals surface area contributed by atoms with Gasteiger partial charge in [0.05, 0.1) is 6.42 Å². The molecule has 9 heteroatoms. The van der Waals surface area contributed by atoms with Gasteiger partial charge in [-0.3, -0.25) is 14.9 Å². The predicted octanol–water partition coefficient (Wildman–Crippen LogP) is 2.23. The highest BCUT2D eigenvalue weighted by Crippen LogP contribution is 2.17. The summed E-state index contributed by atoms with van der Waals surface area (Å²) in [6, 6.07) is 6.64. The molecule has 0 spiro atoms. The van der Waals surface area contributed by atoms with Gasteiger partial charge < -0.3 is 9.84 Å². The average molecular weight is 342 g/mol. The van der Waals surface area contributed by atoms with E-state index in [1.807, 2.05) is 0 Å². The van der Waals surface area contributed by atoms with Gasteiger partial charge in [-0.05, 0) is 24.3 Å². The zero-order valence-corrected chi connectivity index (χ0v) is 12.9. The molecule has 0 saturated carbocycles. The van der Waals surface area contributed by atoms with E-state index in [2.05, 4.69) is 15.5 Å². The Morgan fingerprint density at radius 1 is 1.27 bits per heavy atom. The Hall–Kier alpha value is -2.19. The van der Waals surface area contributed by atoms with Crippen LogP contribution < -0.4 is 10.1 Å². The topological polar surface area (TPSA) is 101 Å². The Morgan fingerprint density at radius 3 is 2.68 bits per heavy atom. The summed E-state index contributed by atoms with van der Waals surface area (Å²) in [5.74, 6) is -0.757. The number of rotatable bonds is 7. The Labute approximate surface area is 134 Å². The summed E-state index contributed by atoms with van der Waals surface area (Å²) in [4.78, 5) is 22.2. The molecule has 22 heavy (non-hydrogen) atoms. The smallest absolute Gasteiger partial charge is 0.303 e. The van der Waals surface area contributed by atoms with Crippen LogP contribution in [0.25, 0.3) is 0 Å². The maximum absolute atomic E-state index is 11.7. The molecule has 1 aromatic carbocycles. The van der Waals surface area contributed by atoms with Crippen LogP contribution in [0.15, 0.2) is 24.3 Å². The first-order chi connectivity index (χ1) is 10.5. The summed E-state index contributed by atoms with van der Waals surface area (Å²) < 4.78 is 5.29. The summed E-state index contributed by atoms with van der Waals surface area (Å²) in [6.45, 7) is -0.175. The highest BCUT2D eigenvalue weighted by Gasteiger charge is 2.10. The lowest BCUT2D eigenvalue weighted by molar-refractivity contribution is -0.137. The molecule has 0 fully saturated rings. The molecular formula is C13H12ClN3O4S. The number of carbonyl (C=O) groups excluding carboxylic acids is 1. The number of nitrogens with one attached hydrogen (secondary N) is 1. The number of amides is 1. The van der Waals surface area contributed by atoms with Crippen LogP contribution in [-0.2, 0) is 16.0 Å². The number of hydrogen-bond acceptors (Lipinski definition) is 6. The Bertz CT molecular complexity index is 660. The molecule has 0 unspecified atom stereocenters. The monoisotopic (exact) mass is 341 g/mol. The molecule has 0 aliphatic heterocycles. The van der Waals surface area contributed by atoms with E-state index in [1.54, 1.807) is 24.3 Å². The van der Waals surface area contributed by atoms with Crippen molar-refractivity contribution < 1.29 is 19.4 Å². The van der Waals surface area contributed by atoms with E-state index in [4.69, 9.17) is 21.4 Å². The third-order valence-electron chi connectivity index (χ3n) is 2.45. The van der Waals surface area contributed by atoms with Gasteiger partial charge in [-0.1, -0.05) is 22.9 Å². The fourth-order valence-corrected chi connectivity index (χ4v) is 2.34. The third kappa shape index (κ3) is 5.30. The van der Waals surface area contributed by atoms with Gasteiger partial charge in [0.1, 0.15) is 10.8 Å². The van der Waals surface area contributed by atoms with Gasteiger partial charge in [0.2, 0.25) is 5.13 Å². The SMILES string of the molecule is O=C(O)CCc1nnc(NC(=O)COc2ccc(Cl)cc2)s1. The van der Waals surface area contributed by atoms with Crippen molar-refractivity contribution in [2.45, 2.75) is 12.8 Å². The lowest BCUT2D eigenvalue weighted by atomic mass is 10.3. The molecule has 0 bridgehead atoms. The van der Waals surface area contributed by atoms with Gasteiger partial charge in [0.25, 0.3) is 5.91 Å². The molecule has 116 valence electrons. The van der Waals surface area contributed by atoms with Crippen molar-refractivity contribution in [1.82, 2.24) is 10.2 Å². The highest BCUT2D eigenvalue weighted by molar-refractivity contribution is 7.15. The van der Waals surface area contributed by atoms with Gasteiger partial charge >= 0.3 is 5.97 Å². The van der Waals surface area contributed by atoms with Gasteiger partial charge in [0, 0.05) is 11.4 Å². The van der Waals surface area contributed by atoms with Gasteiger partial charge in [-0.15, -0.1) is 10.2 Å². The molecule has 0 saturated heterocycles. The van der Waals surface area contributed by atoms with E-state index in [1.165, 1.54) is 0 Å². The predicted molar refractivity (Wildman–Crippen MR) is 81.4 cm³/mol. The minimum absolute atomic E-state index is 0.0255. The normalized spacial score (nSPS) is 10.2. The van der Waals surface area contributed by atoms with Crippen LogP contribution in [0.5, 0.6) is 5.75 Å². The summed E-state index contributed by atoms with van der Waals surface area (Å²) in [5.41, 5.74) is 0. The van der Waals surface area contributed by atoms with Crippen LogP contribution in [0.4, 0.5) is 5.13 Å². The van der Waals surface area contributed by atoms with Gasteiger partial charge in [-0.25, -0.2) is 0 Å². The second-order valence-corrected chi connectivity index (χ2v) is 5.68. The Morgan fingerprint density at radius 2 is 2.00 bits per heavy atom. The minimum atomic E-state index is -0.905. The van der Waals surface area contributed by atoms with Crippen molar-refractivity contribution in [2.24, 2.45) is 0 Å². The largest absolute Gasteiger partial charge is 0.484 e. The molecule has 0 aliphatic carbocycles. The number of aromatic nitrogens is 2. The number of hydrogen-bond donors (Lipinski definition) is 2. The summed E-state index contributed by atoms with van der Waals surface area (Å²) in [5, 5.41) is 20.1. The van der Waals surface area contributed by atoms with Crippen LogP contribution >= 0.6 is 22.9 Å². The van der Waals surface area contributed by atoms with E-state index in [-0.39, 0.29) is 25.4 Å². The standard InChI is InChI=1S/C13H12ClN3O4S/c14-8-1-3-9(4-2-8)21-7-10(18)15-13-17-16-11(22-13)5-6-12(19)20/h1-4H,5-7H2,(H,19,20)(H,15,17,18). The lowest BCUT2D eigenvalue weighted by Gasteiger charge is -2.05. The number of aryl methyl sites for hydroxylation is 1. The zero-order valence-electron chi connectivity index (χ0n) is 11.3. The molecule has 7 nitrogen and oxygen atoms in total. The second kappa shape index (κ2) is 7.71. The molecule has 0 aliphatic rings. The van der Waals surface area contributed by atoms with Crippen LogP contribution in [0.3, 0.4) is 0 Å². The fourth-order valence-electron chi connectivity index (χ4n) is 1.45. The van der Waals surface area contributed by atoms with Crippen LogP contribution in [-0.4, -0.2) is 33.8 Å².